The summed E-state index contributed by atoms with van der Waals surface area (Å²) in [5.41, 5.74) is 7.47. The maximum atomic E-state index is 12.1. The van der Waals surface area contributed by atoms with Gasteiger partial charge in [-0.05, 0) is 44.1 Å². The highest BCUT2D eigenvalue weighted by Gasteiger charge is 2.31. The third-order valence-corrected chi connectivity index (χ3v) is 5.78. The average Bonchev–Trinajstić information content (AvgIpc) is 3.48. The van der Waals surface area contributed by atoms with Crippen LogP contribution in [0, 0.1) is 5.92 Å². The van der Waals surface area contributed by atoms with Crippen molar-refractivity contribution >= 4 is 11.7 Å². The van der Waals surface area contributed by atoms with Crippen molar-refractivity contribution in [2.45, 2.75) is 63.4 Å². The number of aliphatic hydroxyl groups is 1. The summed E-state index contributed by atoms with van der Waals surface area (Å²) in [7, 11) is 0. The van der Waals surface area contributed by atoms with Crippen LogP contribution in [-0.4, -0.2) is 26.8 Å². The molecule has 2 saturated carbocycles. The molecule has 28 heavy (non-hydrogen) atoms. The van der Waals surface area contributed by atoms with Gasteiger partial charge in [0.1, 0.15) is 6.23 Å². The third kappa shape index (κ3) is 4.60. The summed E-state index contributed by atoms with van der Waals surface area (Å²) in [5.74, 6) is 0.455. The van der Waals surface area contributed by atoms with Gasteiger partial charge in [-0.15, -0.1) is 0 Å². The van der Waals surface area contributed by atoms with E-state index in [1.54, 1.807) is 6.20 Å². The second-order valence-electron chi connectivity index (χ2n) is 7.99. The predicted octanol–water partition coefficient (Wildman–Crippen LogP) is 2.45. The van der Waals surface area contributed by atoms with Gasteiger partial charge < -0.3 is 21.5 Å². The van der Waals surface area contributed by atoms with Crippen molar-refractivity contribution in [2.75, 3.05) is 5.32 Å². The van der Waals surface area contributed by atoms with Crippen molar-refractivity contribution in [3.05, 3.63) is 47.7 Å². The molecule has 7 nitrogen and oxygen atoms in total. The number of hydrogen-bond acceptors (Lipinski definition) is 5. The van der Waals surface area contributed by atoms with E-state index in [0.717, 1.165) is 45.1 Å². The standard InChI is InChI=1S/C21H29N5O2/c22-19(27)18-13-26(25-20(18)24-21(28)15-6-7-15)17-10-8-16(9-11-17)23-12-14-4-2-1-3-5-14/h1-5,13,15-17,19,23,27H,6-12,22H2,(H,24,25,28). The molecule has 0 bridgehead atoms. The fourth-order valence-electron chi connectivity index (χ4n) is 3.87. The number of amides is 1. The van der Waals surface area contributed by atoms with Crippen LogP contribution in [0.4, 0.5) is 5.82 Å². The van der Waals surface area contributed by atoms with E-state index in [4.69, 9.17) is 5.73 Å². The fraction of sp³-hybridized carbons (Fsp3) is 0.524. The average molecular weight is 383 g/mol. The monoisotopic (exact) mass is 383 g/mol. The summed E-state index contributed by atoms with van der Waals surface area (Å²) in [6.45, 7) is 0.888. The SMILES string of the molecule is NC(O)c1cn(C2CCC(NCc3ccccc3)CC2)nc1NC(=O)C1CC1. The van der Waals surface area contributed by atoms with Crippen LogP contribution < -0.4 is 16.4 Å². The summed E-state index contributed by atoms with van der Waals surface area (Å²) >= 11 is 0. The topological polar surface area (TPSA) is 105 Å². The molecule has 0 spiro atoms. The first-order valence-corrected chi connectivity index (χ1v) is 10.2. The second-order valence-corrected chi connectivity index (χ2v) is 7.99. The molecule has 1 heterocycles. The first-order valence-electron chi connectivity index (χ1n) is 10.2. The van der Waals surface area contributed by atoms with Gasteiger partial charge in [-0.25, -0.2) is 0 Å². The predicted molar refractivity (Wildman–Crippen MR) is 107 cm³/mol. The summed E-state index contributed by atoms with van der Waals surface area (Å²) in [6, 6.07) is 11.2. The normalized spacial score (nSPS) is 23.4. The zero-order chi connectivity index (χ0) is 19.5. The number of rotatable bonds is 7. The van der Waals surface area contributed by atoms with E-state index in [9.17, 15) is 9.90 Å². The van der Waals surface area contributed by atoms with Crippen molar-refractivity contribution in [1.82, 2.24) is 15.1 Å². The smallest absolute Gasteiger partial charge is 0.228 e. The Kier molecular flexibility index (Phi) is 5.75. The maximum absolute atomic E-state index is 12.1. The first kappa shape index (κ1) is 19.1. The molecule has 2 aliphatic rings. The molecule has 5 N–H and O–H groups in total. The lowest BCUT2D eigenvalue weighted by molar-refractivity contribution is -0.117. The molecule has 0 radical (unpaired) electrons. The van der Waals surface area contributed by atoms with E-state index in [-0.39, 0.29) is 17.9 Å². The summed E-state index contributed by atoms with van der Waals surface area (Å²) < 4.78 is 1.88. The van der Waals surface area contributed by atoms with Crippen molar-refractivity contribution in [2.24, 2.45) is 11.7 Å². The lowest BCUT2D eigenvalue weighted by Crippen LogP contribution is -2.33. The minimum Gasteiger partial charge on any atom is -0.374 e. The quantitative estimate of drug-likeness (QED) is 0.550. The number of nitrogens with zero attached hydrogens (tertiary/aromatic N) is 2. The largest absolute Gasteiger partial charge is 0.374 e. The van der Waals surface area contributed by atoms with Crippen molar-refractivity contribution in [1.29, 1.82) is 0 Å². The number of carbonyl (C=O) groups is 1. The van der Waals surface area contributed by atoms with E-state index in [0.29, 0.717) is 17.4 Å². The molecule has 2 aromatic rings. The molecule has 150 valence electrons. The Bertz CT molecular complexity index is 792. The van der Waals surface area contributed by atoms with Crippen LogP contribution in [0.1, 0.15) is 61.9 Å². The van der Waals surface area contributed by atoms with Gasteiger partial charge in [-0.1, -0.05) is 30.3 Å². The number of aromatic nitrogens is 2. The minimum absolute atomic E-state index is 0.0269. The Balaban J connectivity index is 1.34. The number of nitrogens with two attached hydrogens (primary N) is 1. The van der Waals surface area contributed by atoms with Gasteiger partial charge in [0.2, 0.25) is 5.91 Å². The van der Waals surface area contributed by atoms with Gasteiger partial charge in [0.15, 0.2) is 5.82 Å². The molecule has 1 amide bonds. The van der Waals surface area contributed by atoms with Crippen LogP contribution in [0.25, 0.3) is 0 Å². The van der Waals surface area contributed by atoms with Gasteiger partial charge in [-0.2, -0.15) is 5.10 Å². The molecule has 1 aromatic heterocycles. The molecular formula is C21H29N5O2. The van der Waals surface area contributed by atoms with Crippen LogP contribution in [0.5, 0.6) is 0 Å². The molecule has 2 aliphatic carbocycles. The molecule has 0 aliphatic heterocycles. The Hall–Kier alpha value is -2.22. The number of aliphatic hydroxyl groups excluding tert-OH is 1. The molecule has 4 rings (SSSR count). The van der Waals surface area contributed by atoms with E-state index in [1.807, 2.05) is 10.7 Å². The van der Waals surface area contributed by atoms with E-state index < -0.39 is 6.23 Å². The van der Waals surface area contributed by atoms with Crippen LogP contribution in [0.2, 0.25) is 0 Å². The maximum Gasteiger partial charge on any atom is 0.228 e. The van der Waals surface area contributed by atoms with E-state index >= 15 is 0 Å². The number of nitrogens with one attached hydrogen (secondary N) is 2. The Labute approximate surface area is 165 Å². The summed E-state index contributed by atoms with van der Waals surface area (Å²) in [5, 5.41) is 20.9. The minimum atomic E-state index is -1.15. The van der Waals surface area contributed by atoms with Gasteiger partial charge in [0.25, 0.3) is 0 Å². The molecule has 0 saturated heterocycles. The Morgan fingerprint density at radius 1 is 1.18 bits per heavy atom. The fourth-order valence-corrected chi connectivity index (χ4v) is 3.87. The number of carbonyl (C=O) groups excluding carboxylic acids is 1. The van der Waals surface area contributed by atoms with Crippen molar-refractivity contribution < 1.29 is 9.90 Å². The van der Waals surface area contributed by atoms with Gasteiger partial charge in [-0.3, -0.25) is 9.48 Å². The molecule has 1 aromatic carbocycles. The number of anilines is 1. The van der Waals surface area contributed by atoms with Gasteiger partial charge in [0, 0.05) is 24.7 Å². The summed E-state index contributed by atoms with van der Waals surface area (Å²) in [6.07, 6.45) is 6.64. The van der Waals surface area contributed by atoms with Crippen LogP contribution >= 0.6 is 0 Å². The second kappa shape index (κ2) is 8.43. The highest BCUT2D eigenvalue weighted by molar-refractivity contribution is 5.93. The molecule has 1 atom stereocenters. The van der Waals surface area contributed by atoms with Crippen LogP contribution in [0.15, 0.2) is 36.5 Å². The van der Waals surface area contributed by atoms with Crippen molar-refractivity contribution in [3.63, 3.8) is 0 Å². The van der Waals surface area contributed by atoms with Crippen molar-refractivity contribution in [3.8, 4) is 0 Å². The zero-order valence-electron chi connectivity index (χ0n) is 16.1. The van der Waals surface area contributed by atoms with Crippen LogP contribution in [0.3, 0.4) is 0 Å². The van der Waals surface area contributed by atoms with E-state index in [2.05, 4.69) is 40.0 Å². The zero-order valence-corrected chi connectivity index (χ0v) is 16.1. The summed E-state index contributed by atoms with van der Waals surface area (Å²) in [4.78, 5) is 12.1. The third-order valence-electron chi connectivity index (χ3n) is 5.78. The number of hydrogen-bond donors (Lipinski definition) is 4. The molecular weight excluding hydrogens is 354 g/mol. The Morgan fingerprint density at radius 3 is 2.54 bits per heavy atom. The van der Waals surface area contributed by atoms with E-state index in [1.165, 1.54) is 5.56 Å². The highest BCUT2D eigenvalue weighted by atomic mass is 16.3. The molecule has 1 unspecified atom stereocenters. The lowest BCUT2D eigenvalue weighted by Gasteiger charge is -2.29. The van der Waals surface area contributed by atoms with Gasteiger partial charge >= 0.3 is 0 Å². The first-order chi connectivity index (χ1) is 13.6. The van der Waals surface area contributed by atoms with Crippen LogP contribution in [-0.2, 0) is 11.3 Å². The molecule has 7 heteroatoms. The highest BCUT2D eigenvalue weighted by Crippen LogP contribution is 2.33. The lowest BCUT2D eigenvalue weighted by atomic mass is 9.91. The Morgan fingerprint density at radius 2 is 1.89 bits per heavy atom. The number of benzene rings is 1. The van der Waals surface area contributed by atoms with Gasteiger partial charge in [0.05, 0.1) is 11.6 Å². The molecule has 2 fully saturated rings.